The van der Waals surface area contributed by atoms with Gasteiger partial charge >= 0.3 is 6.09 Å². The van der Waals surface area contributed by atoms with E-state index in [2.05, 4.69) is 10.5 Å². The Hall–Kier alpha value is -2.09. The van der Waals surface area contributed by atoms with Gasteiger partial charge in [-0.15, -0.1) is 0 Å². The SMILES string of the molecule is NC(=O)c1cc(CN(CC2C[C@H]3CNC[C@H]3C2)C(=O)O)on1. The van der Waals surface area contributed by atoms with E-state index in [0.29, 0.717) is 30.1 Å². The van der Waals surface area contributed by atoms with Crippen LogP contribution in [-0.4, -0.2) is 46.8 Å². The maximum absolute atomic E-state index is 11.4. The summed E-state index contributed by atoms with van der Waals surface area (Å²) in [5.74, 6) is 1.37. The van der Waals surface area contributed by atoms with Crippen molar-refractivity contribution in [3.05, 3.63) is 17.5 Å². The van der Waals surface area contributed by atoms with Crippen molar-refractivity contribution in [3.8, 4) is 0 Å². The van der Waals surface area contributed by atoms with Gasteiger partial charge in [-0.1, -0.05) is 5.16 Å². The maximum atomic E-state index is 11.4. The van der Waals surface area contributed by atoms with Gasteiger partial charge in [0.1, 0.15) is 0 Å². The highest BCUT2D eigenvalue weighted by molar-refractivity contribution is 5.90. The number of carbonyl (C=O) groups is 2. The predicted molar refractivity (Wildman–Crippen MR) is 76.0 cm³/mol. The molecule has 1 aliphatic heterocycles. The Kier molecular flexibility index (Phi) is 4.02. The summed E-state index contributed by atoms with van der Waals surface area (Å²) in [7, 11) is 0. The highest BCUT2D eigenvalue weighted by atomic mass is 16.5. The van der Waals surface area contributed by atoms with Crippen LogP contribution < -0.4 is 11.1 Å². The number of hydrogen-bond acceptors (Lipinski definition) is 5. The lowest BCUT2D eigenvalue weighted by Crippen LogP contribution is -2.33. The molecule has 2 aliphatic rings. The van der Waals surface area contributed by atoms with Crippen LogP contribution in [0.15, 0.2) is 10.6 Å². The number of aromatic nitrogens is 1. The summed E-state index contributed by atoms with van der Waals surface area (Å²) in [5.41, 5.74) is 5.12. The molecule has 2 heterocycles. The van der Waals surface area contributed by atoms with E-state index < -0.39 is 12.0 Å². The van der Waals surface area contributed by atoms with Crippen LogP contribution in [0, 0.1) is 17.8 Å². The van der Waals surface area contributed by atoms with Crippen LogP contribution in [0.25, 0.3) is 0 Å². The second-order valence-corrected chi connectivity index (χ2v) is 6.22. The lowest BCUT2D eigenvalue weighted by Gasteiger charge is -2.22. The number of fused-ring (bicyclic) bond motifs is 1. The third kappa shape index (κ3) is 3.06. The molecule has 2 amide bonds. The third-order valence-electron chi connectivity index (χ3n) is 4.66. The van der Waals surface area contributed by atoms with E-state index in [-0.39, 0.29) is 12.2 Å². The molecule has 0 aromatic carbocycles. The van der Waals surface area contributed by atoms with E-state index in [1.165, 1.54) is 11.0 Å². The summed E-state index contributed by atoms with van der Waals surface area (Å²) in [5, 5.41) is 16.3. The van der Waals surface area contributed by atoms with Crippen LogP contribution >= 0.6 is 0 Å². The van der Waals surface area contributed by atoms with E-state index in [4.69, 9.17) is 10.3 Å². The van der Waals surface area contributed by atoms with Crippen molar-refractivity contribution in [1.82, 2.24) is 15.4 Å². The van der Waals surface area contributed by atoms with Gasteiger partial charge in [0.25, 0.3) is 5.91 Å². The molecule has 3 rings (SSSR count). The average Bonchev–Trinajstić information content (AvgIpc) is 3.12. The highest BCUT2D eigenvalue weighted by Gasteiger charge is 2.38. The molecule has 0 radical (unpaired) electrons. The normalized spacial score (nSPS) is 26.8. The molecule has 1 aliphatic carbocycles. The van der Waals surface area contributed by atoms with Gasteiger partial charge in [-0.25, -0.2) is 4.79 Å². The zero-order valence-corrected chi connectivity index (χ0v) is 12.2. The van der Waals surface area contributed by atoms with Crippen LogP contribution in [0.5, 0.6) is 0 Å². The van der Waals surface area contributed by atoms with Crippen molar-refractivity contribution >= 4 is 12.0 Å². The van der Waals surface area contributed by atoms with Gasteiger partial charge in [0.05, 0.1) is 6.54 Å². The minimum Gasteiger partial charge on any atom is -0.465 e. The lowest BCUT2D eigenvalue weighted by molar-refractivity contribution is 0.0990. The first-order valence-electron chi connectivity index (χ1n) is 7.47. The summed E-state index contributed by atoms with van der Waals surface area (Å²) in [4.78, 5) is 23.8. The number of nitrogens with zero attached hydrogens (tertiary/aromatic N) is 2. The predicted octanol–water partition coefficient (Wildman–Crippen LogP) is 0.499. The average molecular weight is 308 g/mol. The first-order chi connectivity index (χ1) is 10.5. The maximum Gasteiger partial charge on any atom is 0.407 e. The van der Waals surface area contributed by atoms with Gasteiger partial charge in [-0.3, -0.25) is 4.79 Å². The molecule has 120 valence electrons. The standard InChI is InChI=1S/C14H20N4O4/c15-13(19)12-3-11(22-17-12)7-18(14(20)21)6-8-1-9-4-16-5-10(9)2-8/h3,8-10,16H,1-2,4-7H2,(H2,15,19)(H,20,21)/t8?,9-,10+. The van der Waals surface area contributed by atoms with E-state index >= 15 is 0 Å². The van der Waals surface area contributed by atoms with Crippen LogP contribution in [0.2, 0.25) is 0 Å². The summed E-state index contributed by atoms with van der Waals surface area (Å²) in [6, 6.07) is 1.39. The van der Waals surface area contributed by atoms with Crippen molar-refractivity contribution in [1.29, 1.82) is 0 Å². The van der Waals surface area contributed by atoms with Gasteiger partial charge in [0.15, 0.2) is 11.5 Å². The number of carbonyl (C=O) groups excluding carboxylic acids is 1. The molecule has 1 unspecified atom stereocenters. The minimum atomic E-state index is -0.993. The monoisotopic (exact) mass is 308 g/mol. The first kappa shape index (κ1) is 14.8. The Morgan fingerprint density at radius 2 is 2.09 bits per heavy atom. The molecule has 1 saturated heterocycles. The molecular formula is C14H20N4O4. The van der Waals surface area contributed by atoms with Crippen LogP contribution in [-0.2, 0) is 6.54 Å². The topological polar surface area (TPSA) is 122 Å². The Labute approximate surface area is 127 Å². The van der Waals surface area contributed by atoms with Crippen molar-refractivity contribution in [3.63, 3.8) is 0 Å². The quantitative estimate of drug-likeness (QED) is 0.728. The van der Waals surface area contributed by atoms with Gasteiger partial charge < -0.3 is 25.6 Å². The first-order valence-corrected chi connectivity index (χ1v) is 7.47. The number of hydrogen-bond donors (Lipinski definition) is 3. The number of amides is 2. The summed E-state index contributed by atoms with van der Waals surface area (Å²) >= 11 is 0. The van der Waals surface area contributed by atoms with Crippen molar-refractivity contribution < 1.29 is 19.2 Å². The molecule has 8 nitrogen and oxygen atoms in total. The molecular weight excluding hydrogens is 288 g/mol. The zero-order chi connectivity index (χ0) is 15.7. The summed E-state index contributed by atoms with van der Waals surface area (Å²) < 4.78 is 4.98. The molecule has 0 bridgehead atoms. The van der Waals surface area contributed by atoms with Gasteiger partial charge in [0, 0.05) is 12.6 Å². The number of carboxylic acid groups (broad SMARTS) is 1. The van der Waals surface area contributed by atoms with Gasteiger partial charge in [-0.05, 0) is 43.7 Å². The van der Waals surface area contributed by atoms with E-state index in [1.807, 2.05) is 0 Å². The Balaban J connectivity index is 1.60. The number of nitrogens with two attached hydrogens (primary N) is 1. The molecule has 1 saturated carbocycles. The molecule has 3 atom stereocenters. The minimum absolute atomic E-state index is 0.0156. The lowest BCUT2D eigenvalue weighted by atomic mass is 10.0. The number of nitrogens with one attached hydrogen (secondary N) is 1. The molecule has 1 aromatic heterocycles. The van der Waals surface area contributed by atoms with Crippen LogP contribution in [0.4, 0.5) is 4.79 Å². The smallest absolute Gasteiger partial charge is 0.407 e. The molecule has 8 heteroatoms. The Morgan fingerprint density at radius 3 is 2.64 bits per heavy atom. The third-order valence-corrected chi connectivity index (χ3v) is 4.66. The van der Waals surface area contributed by atoms with E-state index in [0.717, 1.165) is 25.9 Å². The second-order valence-electron chi connectivity index (χ2n) is 6.22. The van der Waals surface area contributed by atoms with E-state index in [9.17, 15) is 14.7 Å². The van der Waals surface area contributed by atoms with Crippen molar-refractivity contribution in [2.45, 2.75) is 19.4 Å². The van der Waals surface area contributed by atoms with Crippen LogP contribution in [0.3, 0.4) is 0 Å². The summed E-state index contributed by atoms with van der Waals surface area (Å²) in [6.07, 6.45) is 1.13. The largest absolute Gasteiger partial charge is 0.465 e. The van der Waals surface area contributed by atoms with E-state index in [1.54, 1.807) is 0 Å². The fraction of sp³-hybridized carbons (Fsp3) is 0.643. The van der Waals surface area contributed by atoms with Crippen LogP contribution in [0.1, 0.15) is 29.1 Å². The molecule has 4 N–H and O–H groups in total. The fourth-order valence-corrected chi connectivity index (χ4v) is 3.65. The summed E-state index contributed by atoms with van der Waals surface area (Å²) in [6.45, 7) is 2.64. The zero-order valence-electron chi connectivity index (χ0n) is 12.2. The Bertz CT molecular complexity index is 561. The highest BCUT2D eigenvalue weighted by Crippen LogP contribution is 2.38. The second kappa shape index (κ2) is 5.96. The van der Waals surface area contributed by atoms with Crippen molar-refractivity contribution in [2.24, 2.45) is 23.5 Å². The molecule has 2 fully saturated rings. The van der Waals surface area contributed by atoms with Gasteiger partial charge in [0.2, 0.25) is 0 Å². The Morgan fingerprint density at radius 1 is 1.41 bits per heavy atom. The fourth-order valence-electron chi connectivity index (χ4n) is 3.65. The van der Waals surface area contributed by atoms with Crippen molar-refractivity contribution in [2.75, 3.05) is 19.6 Å². The van der Waals surface area contributed by atoms with Gasteiger partial charge in [-0.2, -0.15) is 0 Å². The number of primary amides is 1. The molecule has 0 spiro atoms. The number of rotatable bonds is 5. The molecule has 1 aromatic rings. The molecule has 22 heavy (non-hydrogen) atoms.